The molecule has 0 aliphatic carbocycles. The number of nitrogens with one attached hydrogen (secondary N) is 1. The summed E-state index contributed by atoms with van der Waals surface area (Å²) in [7, 11) is 0. The smallest absolute Gasteiger partial charge is 0.303 e. The third kappa shape index (κ3) is 4.13. The summed E-state index contributed by atoms with van der Waals surface area (Å²) in [6.45, 7) is 1.71. The maximum absolute atomic E-state index is 11.8. The van der Waals surface area contributed by atoms with Crippen molar-refractivity contribution >= 4 is 17.6 Å². The molecule has 0 unspecified atom stereocenters. The number of hydrogen-bond donors (Lipinski definition) is 2. The van der Waals surface area contributed by atoms with E-state index in [-0.39, 0.29) is 18.7 Å². The molecule has 110 valence electrons. The van der Waals surface area contributed by atoms with E-state index < -0.39 is 5.97 Å². The number of benzene rings is 1. The van der Waals surface area contributed by atoms with Crippen LogP contribution in [0.2, 0.25) is 0 Å². The van der Waals surface area contributed by atoms with Gasteiger partial charge in [-0.3, -0.25) is 9.59 Å². The SMILES string of the molecule is Cc1noc(-c2ccccc2NC(=O)CCCC(=O)O)n1. The Balaban J connectivity index is 2.07. The lowest BCUT2D eigenvalue weighted by atomic mass is 10.1. The van der Waals surface area contributed by atoms with E-state index in [9.17, 15) is 9.59 Å². The summed E-state index contributed by atoms with van der Waals surface area (Å²) in [5.41, 5.74) is 1.19. The number of aromatic nitrogens is 2. The van der Waals surface area contributed by atoms with Crippen molar-refractivity contribution in [1.29, 1.82) is 0 Å². The van der Waals surface area contributed by atoms with Crippen LogP contribution in [0.15, 0.2) is 28.8 Å². The quantitative estimate of drug-likeness (QED) is 0.844. The van der Waals surface area contributed by atoms with Crippen LogP contribution in [0, 0.1) is 6.92 Å². The number of carboxylic acid groups (broad SMARTS) is 1. The Kier molecular flexibility index (Phi) is 4.65. The average Bonchev–Trinajstić information content (AvgIpc) is 2.85. The van der Waals surface area contributed by atoms with E-state index in [1.165, 1.54) is 0 Å². The predicted octanol–water partition coefficient (Wildman–Crippen LogP) is 2.24. The summed E-state index contributed by atoms with van der Waals surface area (Å²) in [6.07, 6.45) is 0.407. The molecule has 0 atom stereocenters. The maximum atomic E-state index is 11.8. The normalized spacial score (nSPS) is 10.3. The number of aryl methyl sites for hydroxylation is 1. The molecule has 0 aliphatic rings. The first-order valence-electron chi connectivity index (χ1n) is 6.47. The molecule has 0 radical (unpaired) electrons. The molecule has 1 aromatic heterocycles. The number of carboxylic acids is 1. The lowest BCUT2D eigenvalue weighted by molar-refractivity contribution is -0.137. The molecular weight excluding hydrogens is 274 g/mol. The van der Waals surface area contributed by atoms with E-state index in [1.54, 1.807) is 31.2 Å². The van der Waals surface area contributed by atoms with Gasteiger partial charge in [-0.25, -0.2) is 0 Å². The van der Waals surface area contributed by atoms with Gasteiger partial charge in [0.15, 0.2) is 5.82 Å². The zero-order valence-electron chi connectivity index (χ0n) is 11.5. The van der Waals surface area contributed by atoms with Crippen molar-refractivity contribution in [2.24, 2.45) is 0 Å². The Morgan fingerprint density at radius 2 is 2.05 bits per heavy atom. The summed E-state index contributed by atoms with van der Waals surface area (Å²) in [6, 6.07) is 7.07. The monoisotopic (exact) mass is 289 g/mol. The molecule has 7 nitrogen and oxygen atoms in total. The van der Waals surface area contributed by atoms with Gasteiger partial charge in [-0.15, -0.1) is 0 Å². The number of carbonyl (C=O) groups excluding carboxylic acids is 1. The van der Waals surface area contributed by atoms with Gasteiger partial charge in [0.05, 0.1) is 11.3 Å². The lowest BCUT2D eigenvalue weighted by Gasteiger charge is -2.08. The Bertz CT molecular complexity index is 651. The average molecular weight is 289 g/mol. The van der Waals surface area contributed by atoms with Gasteiger partial charge in [0.1, 0.15) is 0 Å². The molecule has 2 aromatic rings. The van der Waals surface area contributed by atoms with Crippen LogP contribution in [0.3, 0.4) is 0 Å². The zero-order valence-corrected chi connectivity index (χ0v) is 11.5. The highest BCUT2D eigenvalue weighted by molar-refractivity contribution is 5.94. The Labute approximate surface area is 121 Å². The molecule has 0 saturated carbocycles. The van der Waals surface area contributed by atoms with E-state index in [2.05, 4.69) is 15.5 Å². The van der Waals surface area contributed by atoms with Gasteiger partial charge in [0, 0.05) is 12.8 Å². The second-order valence-corrected chi connectivity index (χ2v) is 4.49. The van der Waals surface area contributed by atoms with E-state index in [4.69, 9.17) is 9.63 Å². The first kappa shape index (κ1) is 14.7. The fourth-order valence-corrected chi connectivity index (χ4v) is 1.80. The highest BCUT2D eigenvalue weighted by Crippen LogP contribution is 2.26. The molecule has 2 rings (SSSR count). The fraction of sp³-hybridized carbons (Fsp3) is 0.286. The van der Waals surface area contributed by atoms with Gasteiger partial charge in [-0.05, 0) is 25.5 Å². The van der Waals surface area contributed by atoms with E-state index in [1.807, 2.05) is 0 Å². The Morgan fingerprint density at radius 1 is 1.29 bits per heavy atom. The van der Waals surface area contributed by atoms with Gasteiger partial charge in [0.2, 0.25) is 5.91 Å². The van der Waals surface area contributed by atoms with E-state index >= 15 is 0 Å². The third-order valence-corrected chi connectivity index (χ3v) is 2.75. The summed E-state index contributed by atoms with van der Waals surface area (Å²) < 4.78 is 5.10. The number of hydrogen-bond acceptors (Lipinski definition) is 5. The van der Waals surface area contributed by atoms with Crippen molar-refractivity contribution < 1.29 is 19.2 Å². The van der Waals surface area contributed by atoms with Crippen LogP contribution in [0.25, 0.3) is 11.5 Å². The minimum Gasteiger partial charge on any atom is -0.481 e. The number of rotatable bonds is 6. The zero-order chi connectivity index (χ0) is 15.2. The number of anilines is 1. The van der Waals surface area contributed by atoms with Gasteiger partial charge >= 0.3 is 5.97 Å². The molecular formula is C14H15N3O4. The summed E-state index contributed by atoms with van der Waals surface area (Å²) in [5.74, 6) is -0.328. The molecule has 1 amide bonds. The number of aliphatic carboxylic acids is 1. The molecule has 0 saturated heterocycles. The van der Waals surface area contributed by atoms with E-state index in [0.717, 1.165) is 0 Å². The van der Waals surface area contributed by atoms with Crippen LogP contribution < -0.4 is 5.32 Å². The first-order chi connectivity index (χ1) is 10.1. The standard InChI is InChI=1S/C14H15N3O4/c1-9-15-14(21-17-9)10-5-2-3-6-11(10)16-12(18)7-4-8-13(19)20/h2-3,5-6H,4,7-8H2,1H3,(H,16,18)(H,19,20). The lowest BCUT2D eigenvalue weighted by Crippen LogP contribution is -2.12. The molecule has 0 bridgehead atoms. The molecule has 1 aromatic carbocycles. The molecule has 1 heterocycles. The highest BCUT2D eigenvalue weighted by atomic mass is 16.5. The number of nitrogens with zero attached hydrogens (tertiary/aromatic N) is 2. The molecule has 0 fully saturated rings. The Hall–Kier alpha value is -2.70. The van der Waals surface area contributed by atoms with Crippen LogP contribution in [0.1, 0.15) is 25.1 Å². The molecule has 0 aliphatic heterocycles. The second-order valence-electron chi connectivity index (χ2n) is 4.49. The molecule has 2 N–H and O–H groups in total. The van der Waals surface area contributed by atoms with Crippen LogP contribution >= 0.6 is 0 Å². The first-order valence-corrected chi connectivity index (χ1v) is 6.47. The second kappa shape index (κ2) is 6.65. The largest absolute Gasteiger partial charge is 0.481 e. The number of carbonyl (C=O) groups is 2. The highest BCUT2D eigenvalue weighted by Gasteiger charge is 2.13. The van der Waals surface area contributed by atoms with Crippen molar-refractivity contribution in [3.05, 3.63) is 30.1 Å². The minimum absolute atomic E-state index is 0.0298. The van der Waals surface area contributed by atoms with Crippen molar-refractivity contribution in [2.75, 3.05) is 5.32 Å². The Morgan fingerprint density at radius 3 is 2.71 bits per heavy atom. The van der Waals surface area contributed by atoms with Crippen LogP contribution in [0.5, 0.6) is 0 Å². The summed E-state index contributed by atoms with van der Waals surface area (Å²) >= 11 is 0. The van der Waals surface area contributed by atoms with Crippen molar-refractivity contribution in [3.63, 3.8) is 0 Å². The topological polar surface area (TPSA) is 105 Å². The van der Waals surface area contributed by atoms with Crippen LogP contribution in [0.4, 0.5) is 5.69 Å². The number of para-hydroxylation sites is 1. The third-order valence-electron chi connectivity index (χ3n) is 2.75. The number of amides is 1. The van der Waals surface area contributed by atoms with Crippen LogP contribution in [-0.2, 0) is 9.59 Å². The van der Waals surface area contributed by atoms with Crippen molar-refractivity contribution in [2.45, 2.75) is 26.2 Å². The van der Waals surface area contributed by atoms with Crippen molar-refractivity contribution in [3.8, 4) is 11.5 Å². The van der Waals surface area contributed by atoms with Gasteiger partial charge in [-0.2, -0.15) is 4.98 Å². The van der Waals surface area contributed by atoms with Crippen molar-refractivity contribution in [1.82, 2.24) is 10.1 Å². The van der Waals surface area contributed by atoms with Crippen LogP contribution in [-0.4, -0.2) is 27.1 Å². The van der Waals surface area contributed by atoms with Gasteiger partial charge in [0.25, 0.3) is 5.89 Å². The minimum atomic E-state index is -0.912. The predicted molar refractivity (Wildman–Crippen MR) is 74.6 cm³/mol. The molecule has 21 heavy (non-hydrogen) atoms. The maximum Gasteiger partial charge on any atom is 0.303 e. The van der Waals surface area contributed by atoms with E-state index in [0.29, 0.717) is 29.4 Å². The summed E-state index contributed by atoms with van der Waals surface area (Å²) in [5, 5.41) is 15.0. The molecule has 0 spiro atoms. The molecule has 7 heteroatoms. The van der Waals surface area contributed by atoms with Gasteiger partial charge in [-0.1, -0.05) is 17.3 Å². The van der Waals surface area contributed by atoms with Gasteiger partial charge < -0.3 is 14.9 Å². The summed E-state index contributed by atoms with van der Waals surface area (Å²) in [4.78, 5) is 26.4. The fourth-order valence-electron chi connectivity index (χ4n) is 1.80.